The van der Waals surface area contributed by atoms with E-state index in [0.717, 1.165) is 49.3 Å². The van der Waals surface area contributed by atoms with Crippen LogP contribution in [-0.2, 0) is 0 Å². The second-order valence-corrected chi connectivity index (χ2v) is 9.10. The summed E-state index contributed by atoms with van der Waals surface area (Å²) < 4.78 is 2.10. The fourth-order valence-electron chi connectivity index (χ4n) is 4.69. The van der Waals surface area contributed by atoms with Gasteiger partial charge in [-0.2, -0.15) is 4.98 Å². The Balaban J connectivity index is 1.43. The van der Waals surface area contributed by atoms with Crippen LogP contribution >= 0.6 is 0 Å². The fraction of sp³-hybridized carbons (Fsp3) is 0.478. The lowest BCUT2D eigenvalue weighted by atomic mass is 10.0. The zero-order valence-corrected chi connectivity index (χ0v) is 18.9. The predicted molar refractivity (Wildman–Crippen MR) is 126 cm³/mol. The molecule has 0 spiro atoms. The van der Waals surface area contributed by atoms with Crippen LogP contribution in [0.1, 0.15) is 36.8 Å². The highest BCUT2D eigenvalue weighted by atomic mass is 16.2. The maximum absolute atomic E-state index is 12.8. The molecule has 0 unspecified atom stereocenters. The van der Waals surface area contributed by atoms with Crippen LogP contribution in [0.2, 0.25) is 0 Å². The molecule has 0 saturated carbocycles. The molecule has 1 saturated heterocycles. The summed E-state index contributed by atoms with van der Waals surface area (Å²) in [4.78, 5) is 30.7. The van der Waals surface area contributed by atoms with Crippen LogP contribution in [0.5, 0.6) is 0 Å². The van der Waals surface area contributed by atoms with Gasteiger partial charge in [-0.3, -0.25) is 4.79 Å². The maximum atomic E-state index is 12.8. The third-order valence-corrected chi connectivity index (χ3v) is 6.20. The molecule has 9 heteroatoms. The van der Waals surface area contributed by atoms with Crippen molar-refractivity contribution in [2.75, 3.05) is 50.0 Å². The first kappa shape index (κ1) is 20.7. The Morgan fingerprint density at radius 1 is 1.19 bits per heavy atom. The summed E-state index contributed by atoms with van der Waals surface area (Å²) in [6.45, 7) is 9.06. The van der Waals surface area contributed by atoms with Crippen LogP contribution in [0.15, 0.2) is 30.6 Å². The number of rotatable bonds is 5. The van der Waals surface area contributed by atoms with E-state index in [-0.39, 0.29) is 11.9 Å². The predicted octanol–water partition coefficient (Wildman–Crippen LogP) is 2.65. The number of carbonyl (C=O) groups excluding carboxylic acids is 1. The summed E-state index contributed by atoms with van der Waals surface area (Å²) in [6, 6.07) is 6.14. The number of fused-ring (bicyclic) bond motifs is 3. The summed E-state index contributed by atoms with van der Waals surface area (Å²) in [6.07, 6.45) is 4.65. The van der Waals surface area contributed by atoms with Crippen molar-refractivity contribution in [2.24, 2.45) is 5.92 Å². The summed E-state index contributed by atoms with van der Waals surface area (Å²) in [5.41, 5.74) is 2.60. The van der Waals surface area contributed by atoms with E-state index in [9.17, 15) is 4.79 Å². The Kier molecular flexibility index (Phi) is 5.42. The molecule has 2 aliphatic rings. The number of nitrogens with one attached hydrogen (secondary N) is 2. The Labute approximate surface area is 187 Å². The molecule has 0 aromatic carbocycles. The number of likely N-dealkylation sites (N-methyl/N-ethyl adjacent to an activating group) is 1. The van der Waals surface area contributed by atoms with Gasteiger partial charge in [-0.1, -0.05) is 13.8 Å². The molecule has 2 N–H and O–H groups in total. The molecule has 2 aliphatic heterocycles. The molecule has 0 bridgehead atoms. The Bertz CT molecular complexity index is 1120. The topological polar surface area (TPSA) is 91.2 Å². The van der Waals surface area contributed by atoms with Gasteiger partial charge in [0.1, 0.15) is 17.2 Å². The number of carbonyl (C=O) groups is 1. The van der Waals surface area contributed by atoms with Gasteiger partial charge in [0.25, 0.3) is 5.91 Å². The number of anilines is 3. The number of piperazine rings is 1. The van der Waals surface area contributed by atoms with Gasteiger partial charge in [0.15, 0.2) is 0 Å². The molecule has 3 aromatic heterocycles. The van der Waals surface area contributed by atoms with E-state index in [2.05, 4.69) is 50.0 Å². The first-order chi connectivity index (χ1) is 15.5. The summed E-state index contributed by atoms with van der Waals surface area (Å²) in [5, 5.41) is 7.47. The van der Waals surface area contributed by atoms with E-state index in [1.807, 2.05) is 25.4 Å². The quantitative estimate of drug-likeness (QED) is 0.638. The molecule has 0 radical (unpaired) electrons. The summed E-state index contributed by atoms with van der Waals surface area (Å²) in [7, 11) is 1.87. The Hall–Kier alpha value is -3.20. The van der Waals surface area contributed by atoms with E-state index < -0.39 is 0 Å². The number of nitrogens with zero attached hydrogens (tertiary/aromatic N) is 6. The first-order valence-corrected chi connectivity index (χ1v) is 11.3. The number of amides is 1. The van der Waals surface area contributed by atoms with Crippen LogP contribution in [0.4, 0.5) is 17.5 Å². The highest BCUT2D eigenvalue weighted by Gasteiger charge is 2.32. The smallest absolute Gasteiger partial charge is 0.270 e. The second-order valence-electron chi connectivity index (χ2n) is 9.10. The lowest BCUT2D eigenvalue weighted by Crippen LogP contribution is -2.43. The third-order valence-electron chi connectivity index (χ3n) is 6.20. The molecule has 32 heavy (non-hydrogen) atoms. The molecule has 5 rings (SSSR count). The van der Waals surface area contributed by atoms with Crippen molar-refractivity contribution in [2.45, 2.75) is 26.3 Å². The van der Waals surface area contributed by atoms with E-state index in [4.69, 9.17) is 4.98 Å². The fourth-order valence-corrected chi connectivity index (χ4v) is 4.69. The van der Waals surface area contributed by atoms with Crippen LogP contribution in [-0.4, -0.2) is 70.1 Å². The number of hydrogen-bond donors (Lipinski definition) is 2. The molecular weight excluding hydrogens is 404 g/mol. The third kappa shape index (κ3) is 3.88. The highest BCUT2D eigenvalue weighted by molar-refractivity contribution is 5.98. The SMILES string of the molecule is CC(C)C[C@H]1CN(C)C(=O)c2cc3cnc(Nc4ccc(N5CCNCC5)cn4)nc3n21. The van der Waals surface area contributed by atoms with Crippen molar-refractivity contribution >= 4 is 34.4 Å². The molecular formula is C23H30N8O. The van der Waals surface area contributed by atoms with Gasteiger partial charge in [0.05, 0.1) is 17.9 Å². The van der Waals surface area contributed by atoms with Crippen molar-refractivity contribution in [3.8, 4) is 0 Å². The molecule has 9 nitrogen and oxygen atoms in total. The lowest BCUT2D eigenvalue weighted by Gasteiger charge is -2.33. The van der Waals surface area contributed by atoms with Gasteiger partial charge in [-0.15, -0.1) is 0 Å². The zero-order chi connectivity index (χ0) is 22.2. The summed E-state index contributed by atoms with van der Waals surface area (Å²) >= 11 is 0. The Morgan fingerprint density at radius 2 is 2.00 bits per heavy atom. The standard InChI is InChI=1S/C23H30N8O/c1-15(2)10-18-14-29(3)22(32)19-11-16-12-26-23(28-21(16)31(18)19)27-20-5-4-17(13-25-20)30-8-6-24-7-9-30/h4-5,11-13,15,18,24H,6-10,14H2,1-3H3,(H,25,26,27,28)/t18-/m0/s1. The van der Waals surface area contributed by atoms with Gasteiger partial charge in [0, 0.05) is 51.4 Å². The molecule has 5 heterocycles. The largest absolute Gasteiger partial charge is 0.368 e. The molecule has 1 fully saturated rings. The molecule has 3 aromatic rings. The van der Waals surface area contributed by atoms with Crippen molar-refractivity contribution in [3.63, 3.8) is 0 Å². The van der Waals surface area contributed by atoms with Crippen molar-refractivity contribution in [3.05, 3.63) is 36.3 Å². The minimum Gasteiger partial charge on any atom is -0.368 e. The number of aromatic nitrogens is 4. The minimum atomic E-state index is 0.0303. The van der Waals surface area contributed by atoms with Gasteiger partial charge in [-0.05, 0) is 30.5 Å². The Morgan fingerprint density at radius 3 is 2.72 bits per heavy atom. The van der Waals surface area contributed by atoms with Gasteiger partial charge in [-0.25, -0.2) is 9.97 Å². The molecule has 168 valence electrons. The van der Waals surface area contributed by atoms with Crippen LogP contribution in [0.3, 0.4) is 0 Å². The number of pyridine rings is 1. The first-order valence-electron chi connectivity index (χ1n) is 11.3. The lowest BCUT2D eigenvalue weighted by molar-refractivity contribution is 0.0710. The van der Waals surface area contributed by atoms with E-state index in [1.54, 1.807) is 11.1 Å². The van der Waals surface area contributed by atoms with Crippen LogP contribution in [0.25, 0.3) is 11.0 Å². The second kappa shape index (κ2) is 8.38. The molecule has 0 aliphatic carbocycles. The average Bonchev–Trinajstić information content (AvgIpc) is 3.17. The minimum absolute atomic E-state index is 0.0303. The maximum Gasteiger partial charge on any atom is 0.270 e. The highest BCUT2D eigenvalue weighted by Crippen LogP contribution is 2.32. The molecule has 1 atom stereocenters. The van der Waals surface area contributed by atoms with Crippen molar-refractivity contribution in [1.82, 2.24) is 29.7 Å². The normalized spacial score (nSPS) is 19.0. The van der Waals surface area contributed by atoms with Gasteiger partial charge >= 0.3 is 0 Å². The van der Waals surface area contributed by atoms with Crippen LogP contribution in [0, 0.1) is 5.92 Å². The van der Waals surface area contributed by atoms with Crippen LogP contribution < -0.4 is 15.5 Å². The van der Waals surface area contributed by atoms with E-state index >= 15 is 0 Å². The van der Waals surface area contributed by atoms with Gasteiger partial charge in [0.2, 0.25) is 5.95 Å². The molecule has 1 amide bonds. The van der Waals surface area contributed by atoms with E-state index in [0.29, 0.717) is 29.9 Å². The van der Waals surface area contributed by atoms with E-state index in [1.165, 1.54) is 0 Å². The average molecular weight is 435 g/mol. The zero-order valence-electron chi connectivity index (χ0n) is 18.9. The van der Waals surface area contributed by atoms with Gasteiger partial charge < -0.3 is 25.0 Å². The monoisotopic (exact) mass is 434 g/mol. The number of hydrogen-bond acceptors (Lipinski definition) is 7. The van der Waals surface area contributed by atoms with Crippen molar-refractivity contribution in [1.29, 1.82) is 0 Å². The summed E-state index contributed by atoms with van der Waals surface area (Å²) in [5.74, 6) is 1.73. The van der Waals surface area contributed by atoms with Crippen molar-refractivity contribution < 1.29 is 4.79 Å².